The molecule has 2 heterocycles. The van der Waals surface area contributed by atoms with E-state index in [4.69, 9.17) is 37.4 Å². The Hall–Kier alpha value is -3.17. The summed E-state index contributed by atoms with van der Waals surface area (Å²) < 4.78 is 6.02. The number of carbonyl (C=O) groups is 1. The van der Waals surface area contributed by atoms with Crippen LogP contribution in [-0.2, 0) is 17.6 Å². The number of nitrogens with two attached hydrogens (primary N) is 1. The number of carbonyl (C=O) groups excluding carboxylic acids is 1. The summed E-state index contributed by atoms with van der Waals surface area (Å²) in [5.74, 6) is 1.11. The Kier molecular flexibility index (Phi) is 8.57. The van der Waals surface area contributed by atoms with Gasteiger partial charge < -0.3 is 30.6 Å². The van der Waals surface area contributed by atoms with Crippen molar-refractivity contribution >= 4 is 35.2 Å². The molecule has 10 heteroatoms. The lowest BCUT2D eigenvalue weighted by molar-refractivity contribution is -0.126. The molecule has 0 spiro atoms. The maximum atomic E-state index is 12.1. The zero-order valence-corrected chi connectivity index (χ0v) is 23.5. The van der Waals surface area contributed by atoms with E-state index < -0.39 is 0 Å². The predicted octanol–water partition coefficient (Wildman–Crippen LogP) is 3.31. The minimum atomic E-state index is -0.0464. The van der Waals surface area contributed by atoms with Crippen molar-refractivity contribution in [1.82, 2.24) is 19.8 Å². The van der Waals surface area contributed by atoms with Gasteiger partial charge >= 0.3 is 6.01 Å². The number of amides is 1. The first-order valence-corrected chi connectivity index (χ1v) is 13.4. The van der Waals surface area contributed by atoms with E-state index in [1.807, 2.05) is 32.0 Å². The molecule has 1 aromatic heterocycles. The number of fused-ring (bicyclic) bond motifs is 1. The predicted molar refractivity (Wildman–Crippen MR) is 153 cm³/mol. The van der Waals surface area contributed by atoms with Crippen molar-refractivity contribution in [1.29, 1.82) is 5.41 Å². The number of rotatable bonds is 8. The van der Waals surface area contributed by atoms with Gasteiger partial charge in [-0.05, 0) is 69.0 Å². The molecule has 1 fully saturated rings. The molecule has 38 heavy (non-hydrogen) atoms. The van der Waals surface area contributed by atoms with E-state index in [-0.39, 0.29) is 17.7 Å². The largest absolute Gasteiger partial charge is 0.462 e. The van der Waals surface area contributed by atoms with Crippen LogP contribution in [0.2, 0.25) is 5.02 Å². The van der Waals surface area contributed by atoms with Gasteiger partial charge in [-0.1, -0.05) is 25.1 Å². The van der Waals surface area contributed by atoms with Crippen molar-refractivity contribution < 1.29 is 9.53 Å². The zero-order valence-electron chi connectivity index (χ0n) is 22.8. The molecular weight excluding hydrogens is 502 g/mol. The fourth-order valence-electron chi connectivity index (χ4n) is 5.43. The molecule has 1 amide bonds. The Morgan fingerprint density at radius 3 is 2.63 bits per heavy atom. The van der Waals surface area contributed by atoms with Gasteiger partial charge in [0.25, 0.3) is 0 Å². The minimum absolute atomic E-state index is 0.0464. The van der Waals surface area contributed by atoms with Crippen LogP contribution in [0.1, 0.15) is 40.8 Å². The van der Waals surface area contributed by atoms with Gasteiger partial charge in [-0.25, -0.2) is 0 Å². The molecule has 1 aliphatic carbocycles. The Morgan fingerprint density at radius 2 is 2.00 bits per heavy atom. The summed E-state index contributed by atoms with van der Waals surface area (Å²) in [5.41, 5.74) is 11.4. The second-order valence-electron chi connectivity index (χ2n) is 10.5. The average molecular weight is 540 g/mol. The van der Waals surface area contributed by atoms with Gasteiger partial charge in [-0.3, -0.25) is 4.79 Å². The van der Waals surface area contributed by atoms with Crippen LogP contribution >= 0.6 is 11.6 Å². The quantitative estimate of drug-likeness (QED) is 0.301. The van der Waals surface area contributed by atoms with Crippen molar-refractivity contribution in [3.05, 3.63) is 51.7 Å². The van der Waals surface area contributed by atoms with Crippen LogP contribution in [0.5, 0.6) is 6.01 Å². The number of nitrogens with zero attached hydrogens (tertiary/aromatic N) is 5. The SMILES string of the molecule is C=CC(=O)N1CCN(c2nc(OCCN(C)C)nc3c2C[C@@H](C)C(c2c(Cl)c(C)cc(N)c2C=N)C3)CC1. The molecule has 0 bridgehead atoms. The molecule has 1 saturated heterocycles. The molecule has 204 valence electrons. The number of benzene rings is 1. The van der Waals surface area contributed by atoms with Gasteiger partial charge in [0.2, 0.25) is 5.91 Å². The number of likely N-dealkylation sites (N-methyl/N-ethyl adjacent to an activating group) is 1. The summed E-state index contributed by atoms with van der Waals surface area (Å²) in [6, 6.07) is 2.20. The van der Waals surface area contributed by atoms with Crippen molar-refractivity contribution in [3.63, 3.8) is 0 Å². The standard InChI is InChI=1S/C28H38ClN7O2/c1-6-24(37)35-7-9-36(10-8-35)27-20-13-17(2)19(25-21(16-30)22(31)14-18(3)26(25)29)15-23(20)32-28(33-27)38-12-11-34(4)5/h6,14,16-17,19,30H,1,7-13,15,31H2,2-5H3/t17-,19?/m1/s1. The summed E-state index contributed by atoms with van der Waals surface area (Å²) in [6.45, 7) is 11.6. The van der Waals surface area contributed by atoms with Crippen LogP contribution in [-0.4, -0.2) is 85.3 Å². The summed E-state index contributed by atoms with van der Waals surface area (Å²) in [4.78, 5) is 28.0. The Balaban J connectivity index is 1.72. The minimum Gasteiger partial charge on any atom is -0.462 e. The highest BCUT2D eigenvalue weighted by Crippen LogP contribution is 2.44. The number of ether oxygens (including phenoxy) is 1. The van der Waals surface area contributed by atoms with E-state index in [0.717, 1.165) is 41.2 Å². The summed E-state index contributed by atoms with van der Waals surface area (Å²) >= 11 is 6.84. The number of anilines is 2. The molecular formula is C28H38ClN7O2. The number of nitrogen functional groups attached to an aromatic ring is 1. The Bertz CT molecular complexity index is 1220. The highest BCUT2D eigenvalue weighted by molar-refractivity contribution is 6.32. The molecule has 2 aromatic rings. The van der Waals surface area contributed by atoms with Crippen LogP contribution < -0.4 is 15.4 Å². The van der Waals surface area contributed by atoms with E-state index in [1.54, 1.807) is 0 Å². The van der Waals surface area contributed by atoms with E-state index in [0.29, 0.717) is 61.5 Å². The van der Waals surface area contributed by atoms with Crippen molar-refractivity contribution in [2.75, 3.05) is 64.1 Å². The van der Waals surface area contributed by atoms with Gasteiger partial charge in [-0.15, -0.1) is 0 Å². The third-order valence-corrected chi connectivity index (χ3v) is 8.08. The highest BCUT2D eigenvalue weighted by atomic mass is 35.5. The monoisotopic (exact) mass is 539 g/mol. The van der Waals surface area contributed by atoms with E-state index >= 15 is 0 Å². The average Bonchev–Trinajstić information content (AvgIpc) is 2.89. The molecule has 2 aliphatic rings. The van der Waals surface area contributed by atoms with Gasteiger partial charge in [0.1, 0.15) is 12.4 Å². The smallest absolute Gasteiger partial charge is 0.318 e. The normalized spacial score (nSPS) is 19.3. The number of nitrogens with one attached hydrogen (secondary N) is 1. The topological polar surface area (TPSA) is 112 Å². The lowest BCUT2D eigenvalue weighted by atomic mass is 9.73. The number of aromatic nitrogens is 2. The molecule has 1 unspecified atom stereocenters. The molecule has 9 nitrogen and oxygen atoms in total. The number of halogens is 1. The van der Waals surface area contributed by atoms with Crippen LogP contribution in [0, 0.1) is 18.3 Å². The maximum Gasteiger partial charge on any atom is 0.318 e. The third-order valence-electron chi connectivity index (χ3n) is 7.58. The van der Waals surface area contributed by atoms with Crippen LogP contribution in [0.3, 0.4) is 0 Å². The van der Waals surface area contributed by atoms with Crippen LogP contribution in [0.25, 0.3) is 0 Å². The number of aryl methyl sites for hydroxylation is 1. The lowest BCUT2D eigenvalue weighted by Gasteiger charge is -2.38. The van der Waals surface area contributed by atoms with E-state index in [9.17, 15) is 4.79 Å². The van der Waals surface area contributed by atoms with Gasteiger partial charge in [0.15, 0.2) is 0 Å². The van der Waals surface area contributed by atoms with E-state index in [1.165, 1.54) is 12.3 Å². The summed E-state index contributed by atoms with van der Waals surface area (Å²) in [6.07, 6.45) is 4.09. The highest BCUT2D eigenvalue weighted by Gasteiger charge is 2.35. The Morgan fingerprint density at radius 1 is 1.29 bits per heavy atom. The second kappa shape index (κ2) is 11.7. The molecule has 4 rings (SSSR count). The van der Waals surface area contributed by atoms with Crippen molar-refractivity contribution in [2.24, 2.45) is 5.92 Å². The first-order chi connectivity index (χ1) is 18.1. The lowest BCUT2D eigenvalue weighted by Crippen LogP contribution is -2.49. The number of piperazine rings is 1. The third kappa shape index (κ3) is 5.63. The molecule has 0 saturated carbocycles. The molecule has 1 aliphatic heterocycles. The zero-order chi connectivity index (χ0) is 27.6. The molecule has 0 radical (unpaired) electrons. The first kappa shape index (κ1) is 27.9. The Labute approximate surface area is 230 Å². The van der Waals surface area contributed by atoms with Gasteiger partial charge in [0, 0.05) is 60.8 Å². The summed E-state index contributed by atoms with van der Waals surface area (Å²) in [7, 11) is 3.99. The number of hydrogen-bond acceptors (Lipinski definition) is 8. The van der Waals surface area contributed by atoms with Gasteiger partial charge in [0.05, 0.1) is 5.69 Å². The van der Waals surface area contributed by atoms with Crippen LogP contribution in [0.15, 0.2) is 18.7 Å². The van der Waals surface area contributed by atoms with Gasteiger partial charge in [-0.2, -0.15) is 9.97 Å². The second-order valence-corrected chi connectivity index (χ2v) is 10.9. The fourth-order valence-corrected chi connectivity index (χ4v) is 5.73. The van der Waals surface area contributed by atoms with Crippen LogP contribution in [0.4, 0.5) is 11.5 Å². The first-order valence-electron chi connectivity index (χ1n) is 13.1. The van der Waals surface area contributed by atoms with E-state index in [2.05, 4.69) is 23.3 Å². The molecule has 2 atom stereocenters. The molecule has 3 N–H and O–H groups in total. The molecule has 1 aromatic carbocycles. The number of hydrogen-bond donors (Lipinski definition) is 2. The fraction of sp³-hybridized carbons (Fsp3) is 0.500. The van der Waals surface area contributed by atoms with Crippen molar-refractivity contribution in [2.45, 2.75) is 32.6 Å². The maximum absolute atomic E-state index is 12.1. The summed E-state index contributed by atoms with van der Waals surface area (Å²) in [5, 5.41) is 8.71. The van der Waals surface area contributed by atoms with Crippen molar-refractivity contribution in [3.8, 4) is 6.01 Å².